The summed E-state index contributed by atoms with van der Waals surface area (Å²) in [7, 11) is 1.53. The zero-order valence-electron chi connectivity index (χ0n) is 16.2. The van der Waals surface area contributed by atoms with E-state index in [-0.39, 0.29) is 30.4 Å². The fourth-order valence-corrected chi connectivity index (χ4v) is 3.83. The maximum Gasteiger partial charge on any atom is 0.332 e. The highest BCUT2D eigenvalue weighted by Gasteiger charge is 2.41. The Bertz CT molecular complexity index is 908. The van der Waals surface area contributed by atoms with Crippen molar-refractivity contribution in [3.63, 3.8) is 0 Å². The van der Waals surface area contributed by atoms with Crippen molar-refractivity contribution in [1.29, 1.82) is 0 Å². The van der Waals surface area contributed by atoms with Crippen molar-refractivity contribution in [2.75, 3.05) is 31.6 Å². The van der Waals surface area contributed by atoms with Gasteiger partial charge in [-0.25, -0.2) is 14.7 Å². The standard InChI is InChI=1S/C21H22N4O4/c1-29-18-8-7-15(13-22-18)20(27)23-11-9-16(10-12-23)24-14-19(26)25(21(24)28)17-5-3-2-4-6-17/h2-8,13,16H,9-12,14H2,1H3. The first-order chi connectivity index (χ1) is 14.1. The molecule has 2 fully saturated rings. The molecule has 4 rings (SSSR count). The number of benzene rings is 1. The molecule has 2 aliphatic rings. The molecule has 150 valence electrons. The molecule has 2 aromatic rings. The van der Waals surface area contributed by atoms with Gasteiger partial charge in [-0.3, -0.25) is 9.59 Å². The number of anilines is 1. The van der Waals surface area contributed by atoms with Gasteiger partial charge in [-0.15, -0.1) is 0 Å². The number of piperidine rings is 1. The molecule has 29 heavy (non-hydrogen) atoms. The van der Waals surface area contributed by atoms with Crippen LogP contribution in [0.3, 0.4) is 0 Å². The number of ether oxygens (including phenoxy) is 1. The highest BCUT2D eigenvalue weighted by atomic mass is 16.5. The van der Waals surface area contributed by atoms with E-state index in [1.807, 2.05) is 6.07 Å². The average Bonchev–Trinajstić information content (AvgIpc) is 3.08. The van der Waals surface area contributed by atoms with Gasteiger partial charge in [-0.1, -0.05) is 18.2 Å². The summed E-state index contributed by atoms with van der Waals surface area (Å²) < 4.78 is 5.02. The van der Waals surface area contributed by atoms with E-state index in [0.717, 1.165) is 0 Å². The Balaban J connectivity index is 1.39. The molecule has 8 nitrogen and oxygen atoms in total. The smallest absolute Gasteiger partial charge is 0.332 e. The number of methoxy groups -OCH3 is 1. The van der Waals surface area contributed by atoms with Gasteiger partial charge >= 0.3 is 6.03 Å². The third-order valence-electron chi connectivity index (χ3n) is 5.39. The molecule has 1 aromatic carbocycles. The lowest BCUT2D eigenvalue weighted by Crippen LogP contribution is -2.48. The van der Waals surface area contributed by atoms with E-state index in [4.69, 9.17) is 4.74 Å². The lowest BCUT2D eigenvalue weighted by Gasteiger charge is -2.36. The van der Waals surface area contributed by atoms with E-state index in [2.05, 4.69) is 4.98 Å². The van der Waals surface area contributed by atoms with Gasteiger partial charge in [0.05, 0.1) is 18.4 Å². The van der Waals surface area contributed by atoms with Gasteiger partial charge in [0, 0.05) is 31.4 Å². The maximum atomic E-state index is 12.8. The van der Waals surface area contributed by atoms with Crippen molar-refractivity contribution in [1.82, 2.24) is 14.8 Å². The van der Waals surface area contributed by atoms with Gasteiger partial charge in [0.15, 0.2) is 0 Å². The first-order valence-corrected chi connectivity index (χ1v) is 9.56. The molecule has 2 saturated heterocycles. The third kappa shape index (κ3) is 3.65. The number of hydrogen-bond donors (Lipinski definition) is 0. The minimum atomic E-state index is -0.287. The Morgan fingerprint density at radius 2 is 1.79 bits per heavy atom. The molecule has 0 unspecified atom stereocenters. The third-order valence-corrected chi connectivity index (χ3v) is 5.39. The zero-order chi connectivity index (χ0) is 20.4. The fourth-order valence-electron chi connectivity index (χ4n) is 3.83. The topological polar surface area (TPSA) is 83.0 Å². The molecule has 0 spiro atoms. The molecular formula is C21H22N4O4. The number of imide groups is 1. The van der Waals surface area contributed by atoms with Crippen molar-refractivity contribution in [2.24, 2.45) is 0 Å². The van der Waals surface area contributed by atoms with Gasteiger partial charge in [0.2, 0.25) is 5.88 Å². The summed E-state index contributed by atoms with van der Waals surface area (Å²) in [5.41, 5.74) is 1.09. The second-order valence-corrected chi connectivity index (χ2v) is 7.09. The van der Waals surface area contributed by atoms with Crippen LogP contribution in [0.5, 0.6) is 5.88 Å². The van der Waals surface area contributed by atoms with Crippen molar-refractivity contribution >= 4 is 23.5 Å². The summed E-state index contributed by atoms with van der Waals surface area (Å²) in [5, 5.41) is 0. The number of urea groups is 1. The number of carbonyl (C=O) groups excluding carboxylic acids is 3. The predicted octanol–water partition coefficient (Wildman–Crippen LogP) is 2.16. The number of amides is 4. The van der Waals surface area contributed by atoms with Gasteiger partial charge in [-0.05, 0) is 31.0 Å². The molecule has 3 heterocycles. The number of carbonyl (C=O) groups is 3. The Morgan fingerprint density at radius 3 is 2.41 bits per heavy atom. The van der Waals surface area contributed by atoms with Gasteiger partial charge in [-0.2, -0.15) is 0 Å². The minimum Gasteiger partial charge on any atom is -0.481 e. The molecule has 0 aliphatic carbocycles. The number of pyridine rings is 1. The molecule has 0 N–H and O–H groups in total. The lowest BCUT2D eigenvalue weighted by molar-refractivity contribution is -0.116. The van der Waals surface area contributed by atoms with Gasteiger partial charge in [0.1, 0.15) is 6.54 Å². The van der Waals surface area contributed by atoms with Gasteiger partial charge < -0.3 is 14.5 Å². The lowest BCUT2D eigenvalue weighted by atomic mass is 10.0. The van der Waals surface area contributed by atoms with Crippen molar-refractivity contribution in [3.05, 3.63) is 54.2 Å². The van der Waals surface area contributed by atoms with Crippen molar-refractivity contribution in [3.8, 4) is 5.88 Å². The van der Waals surface area contributed by atoms with Crippen LogP contribution in [0.15, 0.2) is 48.7 Å². The zero-order valence-corrected chi connectivity index (χ0v) is 16.2. The number of aromatic nitrogens is 1. The first kappa shape index (κ1) is 18.9. The molecule has 1 aromatic heterocycles. The van der Waals surface area contributed by atoms with E-state index < -0.39 is 0 Å². The number of likely N-dealkylation sites (tertiary alicyclic amines) is 1. The SMILES string of the molecule is COc1ccc(C(=O)N2CCC(N3CC(=O)N(c4ccccc4)C3=O)CC2)cn1. The highest BCUT2D eigenvalue weighted by Crippen LogP contribution is 2.26. The molecule has 0 saturated carbocycles. The Kier molecular flexibility index (Phi) is 5.16. The summed E-state index contributed by atoms with van der Waals surface area (Å²) in [6.07, 6.45) is 2.78. The molecule has 4 amide bonds. The Morgan fingerprint density at radius 1 is 1.07 bits per heavy atom. The summed E-state index contributed by atoms with van der Waals surface area (Å²) in [5.74, 6) is 0.151. The molecule has 0 atom stereocenters. The number of hydrogen-bond acceptors (Lipinski definition) is 5. The van der Waals surface area contributed by atoms with Crippen LogP contribution in [0.2, 0.25) is 0 Å². The summed E-state index contributed by atoms with van der Waals surface area (Å²) in [6, 6.07) is 12.0. The second kappa shape index (κ2) is 7.90. The molecule has 0 bridgehead atoms. The Labute approximate surface area is 168 Å². The van der Waals surface area contributed by atoms with Crippen LogP contribution >= 0.6 is 0 Å². The summed E-state index contributed by atoms with van der Waals surface area (Å²) >= 11 is 0. The van der Waals surface area contributed by atoms with E-state index in [1.54, 1.807) is 46.2 Å². The van der Waals surface area contributed by atoms with Crippen LogP contribution in [0.25, 0.3) is 0 Å². The van der Waals surface area contributed by atoms with Crippen LogP contribution in [-0.2, 0) is 4.79 Å². The predicted molar refractivity (Wildman–Crippen MR) is 106 cm³/mol. The van der Waals surface area contributed by atoms with Crippen LogP contribution in [0.1, 0.15) is 23.2 Å². The highest BCUT2D eigenvalue weighted by molar-refractivity contribution is 6.19. The molecule has 2 aliphatic heterocycles. The summed E-state index contributed by atoms with van der Waals surface area (Å²) in [4.78, 5) is 46.7. The van der Waals surface area contributed by atoms with E-state index >= 15 is 0 Å². The van der Waals surface area contributed by atoms with Crippen molar-refractivity contribution in [2.45, 2.75) is 18.9 Å². The van der Waals surface area contributed by atoms with E-state index in [9.17, 15) is 14.4 Å². The van der Waals surface area contributed by atoms with Crippen LogP contribution in [0.4, 0.5) is 10.5 Å². The largest absolute Gasteiger partial charge is 0.481 e. The monoisotopic (exact) mass is 394 g/mol. The quantitative estimate of drug-likeness (QED) is 0.742. The molecular weight excluding hydrogens is 372 g/mol. The normalized spacial score (nSPS) is 17.8. The van der Waals surface area contributed by atoms with Crippen LogP contribution in [0, 0.1) is 0 Å². The fraction of sp³-hybridized carbons (Fsp3) is 0.333. The molecule has 0 radical (unpaired) electrons. The Hall–Kier alpha value is -3.42. The van der Waals surface area contributed by atoms with Crippen LogP contribution in [-0.4, -0.2) is 65.4 Å². The average molecular weight is 394 g/mol. The minimum absolute atomic E-state index is 0.0572. The molecule has 8 heteroatoms. The summed E-state index contributed by atoms with van der Waals surface area (Å²) in [6.45, 7) is 1.13. The van der Waals surface area contributed by atoms with Crippen molar-refractivity contribution < 1.29 is 19.1 Å². The van der Waals surface area contributed by atoms with E-state index in [0.29, 0.717) is 43.1 Å². The van der Waals surface area contributed by atoms with Gasteiger partial charge in [0.25, 0.3) is 11.8 Å². The number of para-hydroxylation sites is 1. The van der Waals surface area contributed by atoms with E-state index in [1.165, 1.54) is 18.2 Å². The van der Waals surface area contributed by atoms with Crippen LogP contribution < -0.4 is 9.64 Å². The number of nitrogens with zero attached hydrogens (tertiary/aromatic N) is 4. The number of rotatable bonds is 4. The second-order valence-electron chi connectivity index (χ2n) is 7.09. The first-order valence-electron chi connectivity index (χ1n) is 9.56. The maximum absolute atomic E-state index is 12.8.